The van der Waals surface area contributed by atoms with Gasteiger partial charge < -0.3 is 36.3 Å². The van der Waals surface area contributed by atoms with E-state index in [4.69, 9.17) is 0 Å². The predicted molar refractivity (Wildman–Crippen MR) is 248 cm³/mol. The van der Waals surface area contributed by atoms with E-state index in [1.807, 2.05) is 48.5 Å². The quantitative estimate of drug-likeness (QED) is 0.0380. The van der Waals surface area contributed by atoms with Crippen LogP contribution in [-0.4, -0.2) is 96.9 Å². The summed E-state index contributed by atoms with van der Waals surface area (Å²) >= 11 is 2.94. The van der Waals surface area contributed by atoms with Gasteiger partial charge in [0.25, 0.3) is 0 Å². The van der Waals surface area contributed by atoms with Crippen molar-refractivity contribution in [3.63, 3.8) is 0 Å². The van der Waals surface area contributed by atoms with Crippen LogP contribution in [0, 0.1) is 11.6 Å². The maximum absolute atomic E-state index is 13.8. The molecular weight excluding hydrogens is 887 g/mol. The normalized spacial score (nSPS) is 11.9. The molecule has 0 saturated carbocycles. The Morgan fingerprint density at radius 2 is 1.18 bits per heavy atom. The lowest BCUT2D eigenvalue weighted by molar-refractivity contribution is 0.0982. The highest BCUT2D eigenvalue weighted by molar-refractivity contribution is 7.18. The number of ketones is 1. The highest BCUT2D eigenvalue weighted by Crippen LogP contribution is 2.27. The molecule has 0 aliphatic rings. The fourth-order valence-electron chi connectivity index (χ4n) is 6.73. The van der Waals surface area contributed by atoms with Crippen molar-refractivity contribution in [2.24, 2.45) is 0 Å². The molecule has 10 rings (SSSR count). The Balaban J connectivity index is 0.000000166. The molecule has 10 aromatic rings. The van der Waals surface area contributed by atoms with Gasteiger partial charge in [-0.15, -0.1) is 0 Å². The number of para-hydroxylation sites is 4. The summed E-state index contributed by atoms with van der Waals surface area (Å²) in [6.45, 7) is 2.14. The highest BCUT2D eigenvalue weighted by atomic mass is 32.1. The fourth-order valence-corrected chi connectivity index (χ4v) is 8.53. The second kappa shape index (κ2) is 20.6. The highest BCUT2D eigenvalue weighted by Gasteiger charge is 2.16. The van der Waals surface area contributed by atoms with Gasteiger partial charge in [0.1, 0.15) is 56.9 Å². The number of aromatic amines is 2. The van der Waals surface area contributed by atoms with E-state index in [2.05, 4.69) is 81.1 Å². The number of hydrogen-bond acceptors (Lipinski definition) is 18. The summed E-state index contributed by atoms with van der Waals surface area (Å²) in [5.41, 5.74) is 5.24. The number of pyridine rings is 2. The van der Waals surface area contributed by atoms with Crippen LogP contribution in [0.2, 0.25) is 0 Å². The van der Waals surface area contributed by atoms with Crippen LogP contribution in [0.25, 0.3) is 42.8 Å². The minimum Gasteiger partial charge on any atom is -0.384 e. The summed E-state index contributed by atoms with van der Waals surface area (Å²) < 4.78 is 27.6. The van der Waals surface area contributed by atoms with Crippen LogP contribution in [-0.2, 0) is 25.9 Å². The Bertz CT molecular complexity index is 3180. The molecule has 18 nitrogen and oxygen atoms in total. The van der Waals surface area contributed by atoms with Gasteiger partial charge in [0, 0.05) is 44.9 Å². The fraction of sp³-hybridized carbons (Fsp3) is 0.205. The molecule has 8 heterocycles. The molecule has 8 aromatic heterocycles. The van der Waals surface area contributed by atoms with E-state index in [0.29, 0.717) is 78.2 Å². The molecule has 66 heavy (non-hydrogen) atoms. The van der Waals surface area contributed by atoms with Crippen LogP contribution in [0.4, 0.5) is 20.4 Å². The summed E-state index contributed by atoms with van der Waals surface area (Å²) in [4.78, 5) is 63.2. The van der Waals surface area contributed by atoms with E-state index in [9.17, 15) is 18.7 Å². The van der Waals surface area contributed by atoms with Gasteiger partial charge in [-0.05, 0) is 48.5 Å². The van der Waals surface area contributed by atoms with Crippen molar-refractivity contribution in [1.29, 1.82) is 0 Å². The monoisotopic (exact) mass is 926 g/mol. The number of carbonyl (C=O) groups is 1. The Morgan fingerprint density at radius 3 is 1.74 bits per heavy atom. The van der Waals surface area contributed by atoms with Gasteiger partial charge in [-0.1, -0.05) is 46.9 Å². The van der Waals surface area contributed by atoms with E-state index >= 15 is 0 Å². The summed E-state index contributed by atoms with van der Waals surface area (Å²) in [6.07, 6.45) is 6.57. The number of fused-ring (bicyclic) bond motifs is 4. The molecule has 0 spiro atoms. The lowest BCUT2D eigenvalue weighted by Crippen LogP contribution is -2.25. The Labute approximate surface area is 381 Å². The molecule has 1 unspecified atom stereocenters. The number of nitrogens with zero attached hydrogens (tertiary/aromatic N) is 10. The molecule has 7 N–H and O–H groups in total. The molecule has 0 aliphatic carbocycles. The van der Waals surface area contributed by atoms with E-state index in [-0.39, 0.29) is 37.1 Å². The van der Waals surface area contributed by atoms with Crippen molar-refractivity contribution in [1.82, 2.24) is 70.4 Å². The maximum Gasteiger partial charge on any atom is 0.211 e. The molecule has 22 heteroatoms. The van der Waals surface area contributed by atoms with Crippen molar-refractivity contribution >= 4 is 82.9 Å². The molecule has 2 aromatic carbocycles. The van der Waals surface area contributed by atoms with Crippen molar-refractivity contribution < 1.29 is 18.7 Å². The summed E-state index contributed by atoms with van der Waals surface area (Å²) in [5.74, 6) is 1.11. The number of hydrogen-bond donors (Lipinski definition) is 7. The number of aromatic nitrogens is 12. The average molecular weight is 927 g/mol. The predicted octanol–water partition coefficient (Wildman–Crippen LogP) is 6.10. The number of rotatable bonds is 18. The largest absolute Gasteiger partial charge is 0.384 e. The number of Topliss-reactive ketones (excluding diaryl/α,β-unsaturated/α-hetero) is 1. The molecular formula is C44H40F2N16O2S2. The topological polar surface area (TPSA) is 246 Å². The first kappa shape index (κ1) is 43.9. The van der Waals surface area contributed by atoms with Crippen molar-refractivity contribution in [2.45, 2.75) is 32.0 Å². The lowest BCUT2D eigenvalue weighted by Gasteiger charge is -2.08. The third-order valence-corrected chi connectivity index (χ3v) is 12.1. The number of aliphatic hydroxyl groups excluding tert-OH is 1. The molecule has 0 aliphatic heterocycles. The van der Waals surface area contributed by atoms with Gasteiger partial charge in [0.2, 0.25) is 5.78 Å². The van der Waals surface area contributed by atoms with Gasteiger partial charge in [-0.25, -0.2) is 48.7 Å². The maximum atomic E-state index is 13.8. The minimum atomic E-state index is -0.735. The van der Waals surface area contributed by atoms with Crippen molar-refractivity contribution in [3.8, 4) is 0 Å². The van der Waals surface area contributed by atoms with E-state index in [0.717, 1.165) is 41.7 Å². The van der Waals surface area contributed by atoms with Crippen LogP contribution >= 0.6 is 22.7 Å². The number of aliphatic hydroxyl groups is 1. The van der Waals surface area contributed by atoms with Crippen LogP contribution < -0.4 is 21.3 Å². The molecule has 1 atom stereocenters. The average Bonchev–Trinajstić information content (AvgIpc) is 4.16. The second-order valence-corrected chi connectivity index (χ2v) is 16.7. The van der Waals surface area contributed by atoms with Crippen LogP contribution in [0.1, 0.15) is 44.0 Å². The number of H-pyrrole nitrogens is 2. The molecule has 334 valence electrons. The summed E-state index contributed by atoms with van der Waals surface area (Å²) in [7, 11) is 0. The number of thiazole rings is 2. The van der Waals surface area contributed by atoms with Gasteiger partial charge in [0.05, 0.1) is 63.1 Å². The lowest BCUT2D eigenvalue weighted by atomic mass is 10.3. The SMILES string of the molecule is O=C(CNCCc1nc2c(NCc3ncccc3F)ncnc2s1)c1nc2ccccc2[nH]1.OC(CNCCc1nc2c(NCc3ncccc3F)ncnc2s1)c1nc2ccccc2[nH]1. The first-order valence-corrected chi connectivity index (χ1v) is 22.4. The van der Waals surface area contributed by atoms with E-state index < -0.39 is 6.10 Å². The van der Waals surface area contributed by atoms with E-state index in [1.165, 1.54) is 47.5 Å². The third kappa shape index (κ3) is 10.6. The first-order chi connectivity index (χ1) is 32.3. The second-order valence-electron chi connectivity index (χ2n) is 14.6. The van der Waals surface area contributed by atoms with Crippen LogP contribution in [0.3, 0.4) is 0 Å². The Kier molecular flexibility index (Phi) is 13.7. The Hall–Kier alpha value is -7.37. The zero-order valence-corrected chi connectivity index (χ0v) is 36.5. The zero-order chi connectivity index (χ0) is 45.2. The molecule has 0 saturated heterocycles. The number of nitrogens with one attached hydrogen (secondary N) is 6. The zero-order valence-electron chi connectivity index (χ0n) is 34.9. The number of halogens is 2. The molecule has 0 bridgehead atoms. The van der Waals surface area contributed by atoms with Crippen LogP contribution in [0.5, 0.6) is 0 Å². The van der Waals surface area contributed by atoms with Crippen molar-refractivity contribution in [3.05, 3.63) is 143 Å². The third-order valence-electron chi connectivity index (χ3n) is 10.0. The van der Waals surface area contributed by atoms with Gasteiger partial charge >= 0.3 is 0 Å². The summed E-state index contributed by atoms with van der Waals surface area (Å²) in [5, 5.41) is 24.7. The standard InChI is InChI=1S/C22H21FN8OS.C22H19FN8OS/c2*23-13-4-3-8-25-16(13)10-26-21-19-22(28-12-27-21)33-18(31-19)7-9-24-11-17(32)20-29-14-5-1-2-6-15(14)30-20/h1-6,8,12,17,24,32H,7,9-11H2,(H,29,30)(H,26,27,28);1-6,8,12,24H,7,9-11H2,(H,29,30)(H,26,27,28). The Morgan fingerprint density at radius 1 is 0.636 bits per heavy atom. The first-order valence-electron chi connectivity index (χ1n) is 20.7. The van der Waals surface area contributed by atoms with E-state index in [1.54, 1.807) is 24.5 Å². The number of carbonyl (C=O) groups excluding carboxylic acids is 1. The minimum absolute atomic E-state index is 0.102. The molecule has 0 amide bonds. The van der Waals surface area contributed by atoms with Crippen molar-refractivity contribution in [2.75, 3.05) is 36.8 Å². The smallest absolute Gasteiger partial charge is 0.211 e. The number of imidazole rings is 2. The molecule has 0 radical (unpaired) electrons. The number of anilines is 2. The summed E-state index contributed by atoms with van der Waals surface area (Å²) in [6, 6.07) is 21.0. The van der Waals surface area contributed by atoms with Gasteiger partial charge in [-0.2, -0.15) is 0 Å². The van der Waals surface area contributed by atoms with Gasteiger partial charge in [0.15, 0.2) is 17.5 Å². The number of benzene rings is 2. The van der Waals surface area contributed by atoms with Crippen LogP contribution in [0.15, 0.2) is 97.8 Å². The van der Waals surface area contributed by atoms with Gasteiger partial charge in [-0.3, -0.25) is 14.8 Å². The molecule has 0 fully saturated rings.